The van der Waals surface area contributed by atoms with E-state index in [9.17, 15) is 0 Å². The van der Waals surface area contributed by atoms with Crippen LogP contribution < -0.4 is 0 Å². The number of benzene rings is 8. The fourth-order valence-electron chi connectivity index (χ4n) is 7.55. The molecule has 0 saturated carbocycles. The van der Waals surface area contributed by atoms with Crippen molar-refractivity contribution < 1.29 is 4.42 Å². The highest BCUT2D eigenvalue weighted by Gasteiger charge is 2.15. The van der Waals surface area contributed by atoms with E-state index in [4.69, 9.17) is 4.42 Å². The number of rotatable bonds is 13. The molecule has 0 fully saturated rings. The summed E-state index contributed by atoms with van der Waals surface area (Å²) in [7, 11) is 0. The molecule has 3 nitrogen and oxygen atoms in total. The van der Waals surface area contributed by atoms with Crippen molar-refractivity contribution in [3.8, 4) is 22.9 Å². The molecule has 292 valence electrons. The van der Waals surface area contributed by atoms with Crippen molar-refractivity contribution in [2.75, 3.05) is 0 Å². The summed E-state index contributed by atoms with van der Waals surface area (Å²) in [5.41, 5.74) is 15.0. The molecule has 9 aromatic rings. The molecule has 0 unspecified atom stereocenters. The summed E-state index contributed by atoms with van der Waals surface area (Å²) in [5, 5.41) is 8.72. The second-order valence-corrected chi connectivity index (χ2v) is 15.1. The molecule has 3 heteroatoms. The van der Waals surface area contributed by atoms with E-state index in [0.717, 1.165) is 45.4 Å². The molecule has 0 aliphatic heterocycles. The Bertz CT molecular complexity index is 2780. The first kappa shape index (κ1) is 38.6. The second kappa shape index (κ2) is 18.8. The lowest BCUT2D eigenvalue weighted by Gasteiger charge is -2.18. The molecule has 0 amide bonds. The number of hydrogen-bond donors (Lipinski definition) is 0. The van der Waals surface area contributed by atoms with E-state index in [1.165, 1.54) is 33.4 Å². The van der Waals surface area contributed by atoms with E-state index in [2.05, 4.69) is 235 Å². The molecular weight excluding hydrogens is 741 g/mol. The lowest BCUT2D eigenvalue weighted by Crippen LogP contribution is -2.05. The summed E-state index contributed by atoms with van der Waals surface area (Å²) in [6.45, 7) is 0. The van der Waals surface area contributed by atoms with Crippen LogP contribution in [0.15, 0.2) is 223 Å². The molecule has 0 atom stereocenters. The molecule has 0 saturated heterocycles. The van der Waals surface area contributed by atoms with E-state index in [0.29, 0.717) is 17.7 Å². The largest absolute Gasteiger partial charge is 0.416 e. The highest BCUT2D eigenvalue weighted by atomic mass is 16.4. The van der Waals surface area contributed by atoms with Crippen molar-refractivity contribution in [2.45, 2.75) is 12.3 Å². The van der Waals surface area contributed by atoms with Crippen LogP contribution in [-0.4, -0.2) is 10.2 Å². The van der Waals surface area contributed by atoms with Gasteiger partial charge in [-0.1, -0.05) is 218 Å². The first-order valence-electron chi connectivity index (χ1n) is 20.7. The van der Waals surface area contributed by atoms with Crippen molar-refractivity contribution in [2.24, 2.45) is 0 Å². The standard InChI is InChI=1S/C58H44N2O/c1-5-13-49(14-6-1)55(50-15-7-2-8-16-50)41-47-29-25-43(26-30-47)21-23-45-33-37-53(38-34-45)57-59-60-58(61-57)54-39-35-46(36-40-54)24-22-44-27-31-48(32-28-44)42-56(51-17-9-3-10-18-51)52-19-11-4-12-20-52/h1-41,56H,42H2. The summed E-state index contributed by atoms with van der Waals surface area (Å²) in [4.78, 5) is 0. The average molecular weight is 785 g/mol. The first-order valence-corrected chi connectivity index (χ1v) is 20.7. The predicted octanol–water partition coefficient (Wildman–Crippen LogP) is 14.7. The summed E-state index contributed by atoms with van der Waals surface area (Å²) >= 11 is 0. The van der Waals surface area contributed by atoms with Gasteiger partial charge in [0.25, 0.3) is 0 Å². The maximum absolute atomic E-state index is 6.12. The molecule has 0 spiro atoms. The Kier molecular flexibility index (Phi) is 11.9. The second-order valence-electron chi connectivity index (χ2n) is 15.1. The normalized spacial score (nSPS) is 11.4. The Morgan fingerprint density at radius 2 is 0.721 bits per heavy atom. The Hall–Kier alpha value is -7.88. The molecule has 0 bridgehead atoms. The zero-order valence-electron chi connectivity index (χ0n) is 33.8. The average Bonchev–Trinajstić information content (AvgIpc) is 3.84. The zero-order valence-corrected chi connectivity index (χ0v) is 33.8. The molecule has 0 N–H and O–H groups in total. The highest BCUT2D eigenvalue weighted by molar-refractivity contribution is 5.91. The van der Waals surface area contributed by atoms with Crippen LogP contribution in [-0.2, 0) is 6.42 Å². The quantitative estimate of drug-likeness (QED) is 0.109. The van der Waals surface area contributed by atoms with Gasteiger partial charge in [0.05, 0.1) is 0 Å². The van der Waals surface area contributed by atoms with Crippen LogP contribution >= 0.6 is 0 Å². The first-order chi connectivity index (χ1) is 30.2. The van der Waals surface area contributed by atoms with Gasteiger partial charge in [-0.3, -0.25) is 0 Å². The van der Waals surface area contributed by atoms with E-state index in [-0.39, 0.29) is 0 Å². The zero-order chi connectivity index (χ0) is 41.1. The smallest absolute Gasteiger partial charge is 0.248 e. The fraction of sp³-hybridized carbons (Fsp3) is 0.0345. The Balaban J connectivity index is 0.805. The van der Waals surface area contributed by atoms with Crippen LogP contribution in [0.2, 0.25) is 0 Å². The van der Waals surface area contributed by atoms with Crippen molar-refractivity contribution in [3.63, 3.8) is 0 Å². The van der Waals surface area contributed by atoms with Gasteiger partial charge in [0.15, 0.2) is 0 Å². The Morgan fingerprint density at radius 3 is 1.13 bits per heavy atom. The van der Waals surface area contributed by atoms with Gasteiger partial charge in [0.1, 0.15) is 0 Å². The van der Waals surface area contributed by atoms with Gasteiger partial charge in [-0.25, -0.2) is 0 Å². The molecule has 0 radical (unpaired) electrons. The van der Waals surface area contributed by atoms with E-state index in [1.54, 1.807) is 0 Å². The minimum Gasteiger partial charge on any atom is -0.416 e. The highest BCUT2D eigenvalue weighted by Crippen LogP contribution is 2.30. The van der Waals surface area contributed by atoms with Crippen LogP contribution in [0.1, 0.15) is 61.6 Å². The van der Waals surface area contributed by atoms with Crippen LogP contribution in [0.3, 0.4) is 0 Å². The molecule has 61 heavy (non-hydrogen) atoms. The maximum Gasteiger partial charge on any atom is 0.248 e. The van der Waals surface area contributed by atoms with Gasteiger partial charge in [-0.15, -0.1) is 10.2 Å². The SMILES string of the molecule is C(=Cc1ccc(-c2nnc(-c3ccc(C=Cc4ccc(CC(c5ccccc5)c5ccccc5)cc4)cc3)o2)cc1)c1ccc(C=C(c2ccccc2)c2ccccc2)cc1. The molecule has 1 aromatic heterocycles. The number of aromatic nitrogens is 2. The van der Waals surface area contributed by atoms with Crippen LogP contribution in [0.5, 0.6) is 0 Å². The molecule has 9 rings (SSSR count). The van der Waals surface area contributed by atoms with Crippen molar-refractivity contribution in [3.05, 3.63) is 274 Å². The summed E-state index contributed by atoms with van der Waals surface area (Å²) in [6, 6.07) is 76.5. The molecule has 8 aromatic carbocycles. The van der Waals surface area contributed by atoms with Gasteiger partial charge < -0.3 is 4.42 Å². The van der Waals surface area contributed by atoms with Gasteiger partial charge in [0.2, 0.25) is 11.8 Å². The van der Waals surface area contributed by atoms with Gasteiger partial charge in [0, 0.05) is 17.0 Å². The Morgan fingerprint density at radius 1 is 0.377 bits per heavy atom. The minimum atomic E-state index is 0.311. The minimum absolute atomic E-state index is 0.311. The summed E-state index contributed by atoms with van der Waals surface area (Å²) < 4.78 is 6.12. The topological polar surface area (TPSA) is 38.9 Å². The van der Waals surface area contributed by atoms with Gasteiger partial charge in [-0.05, 0) is 98.0 Å². The summed E-state index contributed by atoms with van der Waals surface area (Å²) in [6.07, 6.45) is 11.7. The lowest BCUT2D eigenvalue weighted by atomic mass is 9.86. The number of hydrogen-bond acceptors (Lipinski definition) is 3. The fourth-order valence-corrected chi connectivity index (χ4v) is 7.55. The molecule has 1 heterocycles. The van der Waals surface area contributed by atoms with Crippen molar-refractivity contribution in [1.82, 2.24) is 10.2 Å². The molecule has 0 aliphatic carbocycles. The van der Waals surface area contributed by atoms with Crippen molar-refractivity contribution >= 4 is 36.0 Å². The van der Waals surface area contributed by atoms with Crippen LogP contribution in [0, 0.1) is 0 Å². The Labute approximate surface area is 358 Å². The lowest BCUT2D eigenvalue weighted by molar-refractivity contribution is 0.584. The van der Waals surface area contributed by atoms with E-state index >= 15 is 0 Å². The molecule has 0 aliphatic rings. The van der Waals surface area contributed by atoms with E-state index in [1.807, 2.05) is 24.3 Å². The van der Waals surface area contributed by atoms with Gasteiger partial charge >= 0.3 is 0 Å². The monoisotopic (exact) mass is 784 g/mol. The van der Waals surface area contributed by atoms with Crippen LogP contribution in [0.4, 0.5) is 0 Å². The van der Waals surface area contributed by atoms with Gasteiger partial charge in [-0.2, -0.15) is 0 Å². The van der Waals surface area contributed by atoms with E-state index < -0.39 is 0 Å². The van der Waals surface area contributed by atoms with Crippen molar-refractivity contribution in [1.29, 1.82) is 0 Å². The summed E-state index contributed by atoms with van der Waals surface area (Å²) in [5.74, 6) is 1.29. The van der Waals surface area contributed by atoms with Crippen LogP contribution in [0.25, 0.3) is 58.9 Å². The third-order valence-electron chi connectivity index (χ3n) is 10.9. The third-order valence-corrected chi connectivity index (χ3v) is 10.9. The maximum atomic E-state index is 6.12. The third kappa shape index (κ3) is 9.88. The predicted molar refractivity (Wildman–Crippen MR) is 254 cm³/mol. The molecular formula is C58H44N2O. The number of nitrogens with zero attached hydrogens (tertiary/aromatic N) is 2.